The molecule has 0 spiro atoms. The highest BCUT2D eigenvalue weighted by Crippen LogP contribution is 2.26. The van der Waals surface area contributed by atoms with Gasteiger partial charge in [0.1, 0.15) is 5.69 Å². The van der Waals surface area contributed by atoms with Crippen LogP contribution in [0.25, 0.3) is 0 Å². The summed E-state index contributed by atoms with van der Waals surface area (Å²) in [5, 5.41) is 3.22. The first-order valence-electron chi connectivity index (χ1n) is 10.3. The number of nitrogens with zero attached hydrogens (tertiary/aromatic N) is 2. The third-order valence-electron chi connectivity index (χ3n) is 5.24. The van der Waals surface area contributed by atoms with Gasteiger partial charge >= 0.3 is 0 Å². The molecule has 7 nitrogen and oxygen atoms in total. The average Bonchev–Trinajstić information content (AvgIpc) is 2.79. The summed E-state index contributed by atoms with van der Waals surface area (Å²) in [4.78, 5) is 34.0. The predicted octanol–water partition coefficient (Wildman–Crippen LogP) is 4.27. The number of nitrogens with one attached hydrogen (secondary N) is 1. The van der Waals surface area contributed by atoms with Crippen LogP contribution in [-0.4, -0.2) is 35.8 Å². The second-order valence-electron chi connectivity index (χ2n) is 8.02. The van der Waals surface area contributed by atoms with Crippen molar-refractivity contribution < 1.29 is 18.0 Å². The molecule has 0 aliphatic rings. The Hall–Kier alpha value is -3.10. The van der Waals surface area contributed by atoms with Gasteiger partial charge in [0.25, 0.3) is 0 Å². The minimum absolute atomic E-state index is 0.0196. The minimum atomic E-state index is -3.28. The molecule has 33 heavy (non-hydrogen) atoms. The topological polar surface area (TPSA) is 106 Å². The van der Waals surface area contributed by atoms with E-state index in [0.29, 0.717) is 22.0 Å². The fourth-order valence-corrected chi connectivity index (χ4v) is 4.15. The molecule has 0 fully saturated rings. The van der Waals surface area contributed by atoms with Crippen molar-refractivity contribution in [2.45, 2.75) is 37.5 Å². The van der Waals surface area contributed by atoms with E-state index in [0.717, 1.165) is 0 Å². The fourth-order valence-electron chi connectivity index (χ4n) is 3.16. The van der Waals surface area contributed by atoms with Crippen molar-refractivity contribution in [1.29, 1.82) is 0 Å². The highest BCUT2D eigenvalue weighted by molar-refractivity contribution is 7.91. The number of carbonyl (C=O) groups excluding carboxylic acids is 2. The van der Waals surface area contributed by atoms with Crippen LogP contribution in [0, 0.1) is 0 Å². The van der Waals surface area contributed by atoms with E-state index in [1.807, 2.05) is 0 Å². The second kappa shape index (κ2) is 9.80. The Morgan fingerprint density at radius 3 is 2.21 bits per heavy atom. The third kappa shape index (κ3) is 5.83. The first-order chi connectivity index (χ1) is 15.5. The molecule has 0 aliphatic carbocycles. The molecule has 1 N–H and O–H groups in total. The van der Waals surface area contributed by atoms with Gasteiger partial charge in [0.05, 0.1) is 45.1 Å². The zero-order valence-electron chi connectivity index (χ0n) is 18.5. The summed E-state index contributed by atoms with van der Waals surface area (Å²) >= 11 is 5.88. The van der Waals surface area contributed by atoms with Gasteiger partial charge in [0, 0.05) is 6.20 Å². The Morgan fingerprint density at radius 1 is 0.970 bits per heavy atom. The van der Waals surface area contributed by atoms with Crippen LogP contribution in [0.5, 0.6) is 0 Å². The van der Waals surface area contributed by atoms with Gasteiger partial charge < -0.3 is 5.32 Å². The van der Waals surface area contributed by atoms with E-state index in [2.05, 4.69) is 15.3 Å². The van der Waals surface area contributed by atoms with Crippen LogP contribution in [0.3, 0.4) is 0 Å². The lowest BCUT2D eigenvalue weighted by atomic mass is 9.82. The highest BCUT2D eigenvalue weighted by Gasteiger charge is 2.33. The van der Waals surface area contributed by atoms with Crippen molar-refractivity contribution in [2.75, 3.05) is 11.1 Å². The molecular weight excluding hydrogens is 462 g/mol. The average molecular weight is 486 g/mol. The molecule has 0 atom stereocenters. The fraction of sp³-hybridized carbons (Fsp3) is 0.250. The van der Waals surface area contributed by atoms with Crippen molar-refractivity contribution in [1.82, 2.24) is 9.97 Å². The minimum Gasteiger partial charge on any atom is -0.324 e. The number of anilines is 1. The molecule has 0 unspecified atom stereocenters. The van der Waals surface area contributed by atoms with Crippen molar-refractivity contribution >= 4 is 38.8 Å². The number of rotatable bonds is 8. The molecule has 172 valence electrons. The number of carbonyl (C=O) groups is 2. The number of amides is 1. The largest absolute Gasteiger partial charge is 0.324 e. The Kier molecular flexibility index (Phi) is 7.29. The van der Waals surface area contributed by atoms with E-state index in [4.69, 9.17) is 11.6 Å². The van der Waals surface area contributed by atoms with Gasteiger partial charge in [-0.25, -0.2) is 8.42 Å². The Bertz CT molecular complexity index is 1250. The molecule has 3 aromatic rings. The lowest BCUT2D eigenvalue weighted by Gasteiger charge is -2.22. The molecule has 0 saturated heterocycles. The molecule has 0 saturated carbocycles. The molecule has 3 rings (SSSR count). The number of sulfone groups is 1. The van der Waals surface area contributed by atoms with Gasteiger partial charge in [-0.3, -0.25) is 19.6 Å². The molecule has 2 heterocycles. The number of pyridine rings is 2. The van der Waals surface area contributed by atoms with E-state index in [1.54, 1.807) is 57.2 Å². The van der Waals surface area contributed by atoms with Crippen LogP contribution in [0.4, 0.5) is 5.69 Å². The Labute approximate surface area is 198 Å². The number of hydrogen-bond acceptors (Lipinski definition) is 6. The quantitative estimate of drug-likeness (QED) is 0.478. The third-order valence-corrected chi connectivity index (χ3v) is 7.22. The van der Waals surface area contributed by atoms with Crippen LogP contribution in [0.2, 0.25) is 5.02 Å². The van der Waals surface area contributed by atoms with Gasteiger partial charge in [0.2, 0.25) is 5.91 Å². The van der Waals surface area contributed by atoms with E-state index in [9.17, 15) is 18.0 Å². The highest BCUT2D eigenvalue weighted by atomic mass is 35.5. The molecule has 1 amide bonds. The zero-order valence-corrected chi connectivity index (χ0v) is 20.1. The van der Waals surface area contributed by atoms with Crippen LogP contribution in [0.15, 0.2) is 65.8 Å². The normalized spacial score (nSPS) is 11.8. The van der Waals surface area contributed by atoms with Crippen LogP contribution in [0.1, 0.15) is 42.5 Å². The summed E-state index contributed by atoms with van der Waals surface area (Å²) in [7, 11) is -3.28. The molecule has 2 aromatic heterocycles. The maximum absolute atomic E-state index is 13.0. The smallest absolute Gasteiger partial charge is 0.228 e. The molecule has 0 radical (unpaired) electrons. The van der Waals surface area contributed by atoms with Gasteiger partial charge in [0.15, 0.2) is 15.6 Å². The Morgan fingerprint density at radius 2 is 1.67 bits per heavy atom. The first kappa shape index (κ1) is 24.5. The standard InChI is InChI=1S/C24H24ClN3O4S/c1-4-33(31,32)19-9-5-16(6-10-19)13-22(29)28-18-8-11-20(26-15-18)23(30)24(2,3)21-12-7-17(25)14-27-21/h5-12,14-15H,4,13H2,1-3H3,(H,28,29). The van der Waals surface area contributed by atoms with Gasteiger partial charge in [-0.05, 0) is 55.8 Å². The summed E-state index contributed by atoms with van der Waals surface area (Å²) in [5.74, 6) is -0.476. The van der Waals surface area contributed by atoms with Crippen LogP contribution < -0.4 is 5.32 Å². The number of benzene rings is 1. The molecule has 0 aliphatic heterocycles. The van der Waals surface area contributed by atoms with E-state index in [-0.39, 0.29) is 34.5 Å². The van der Waals surface area contributed by atoms with Gasteiger partial charge in [-0.15, -0.1) is 0 Å². The van der Waals surface area contributed by atoms with Crippen LogP contribution >= 0.6 is 11.6 Å². The Balaban J connectivity index is 1.65. The molecule has 9 heteroatoms. The lowest BCUT2D eigenvalue weighted by molar-refractivity contribution is -0.115. The SMILES string of the molecule is CCS(=O)(=O)c1ccc(CC(=O)Nc2ccc(C(=O)C(C)(C)c3ccc(Cl)cn3)nc2)cc1. The second-order valence-corrected chi connectivity index (χ2v) is 10.7. The van der Waals surface area contributed by atoms with E-state index < -0.39 is 15.3 Å². The van der Waals surface area contributed by atoms with Crippen molar-refractivity contribution in [2.24, 2.45) is 0 Å². The summed E-state index contributed by atoms with van der Waals surface area (Å²) < 4.78 is 23.8. The van der Waals surface area contributed by atoms with Crippen molar-refractivity contribution in [3.05, 3.63) is 82.9 Å². The predicted molar refractivity (Wildman–Crippen MR) is 127 cm³/mol. The number of halogens is 1. The van der Waals surface area contributed by atoms with Crippen molar-refractivity contribution in [3.8, 4) is 0 Å². The zero-order chi connectivity index (χ0) is 24.2. The molecular formula is C24H24ClN3O4S. The maximum Gasteiger partial charge on any atom is 0.228 e. The number of Topliss-reactive ketones (excluding diaryl/α,β-unsaturated/α-hetero) is 1. The monoisotopic (exact) mass is 485 g/mol. The molecule has 0 bridgehead atoms. The summed E-state index contributed by atoms with van der Waals surface area (Å²) in [6, 6.07) is 12.8. The first-order valence-corrected chi connectivity index (χ1v) is 12.3. The van der Waals surface area contributed by atoms with Gasteiger partial charge in [-0.1, -0.05) is 30.7 Å². The summed E-state index contributed by atoms with van der Waals surface area (Å²) in [6.07, 6.45) is 2.99. The van der Waals surface area contributed by atoms with Crippen molar-refractivity contribution in [3.63, 3.8) is 0 Å². The number of hydrogen-bond donors (Lipinski definition) is 1. The number of aromatic nitrogens is 2. The van der Waals surface area contributed by atoms with E-state index in [1.165, 1.54) is 24.5 Å². The van der Waals surface area contributed by atoms with Crippen LogP contribution in [-0.2, 0) is 26.5 Å². The summed E-state index contributed by atoms with van der Waals surface area (Å²) in [5.41, 5.74) is 1.06. The number of ketones is 1. The summed E-state index contributed by atoms with van der Waals surface area (Å²) in [6.45, 7) is 5.11. The van der Waals surface area contributed by atoms with Gasteiger partial charge in [-0.2, -0.15) is 0 Å². The van der Waals surface area contributed by atoms with E-state index >= 15 is 0 Å². The molecule has 1 aromatic carbocycles. The lowest BCUT2D eigenvalue weighted by Crippen LogP contribution is -2.30. The maximum atomic E-state index is 13.0.